The summed E-state index contributed by atoms with van der Waals surface area (Å²) >= 11 is 2.04. The van der Waals surface area contributed by atoms with Crippen LogP contribution in [0.25, 0.3) is 0 Å². The minimum atomic E-state index is 0.252. The molecule has 4 heteroatoms. The summed E-state index contributed by atoms with van der Waals surface area (Å²) in [6.45, 7) is 5.12. The van der Waals surface area contributed by atoms with Crippen LogP contribution in [0, 0.1) is 0 Å². The molecular formula is C11H23NO2S. The predicted octanol–water partition coefficient (Wildman–Crippen LogP) is 1.26. The molecule has 15 heavy (non-hydrogen) atoms. The predicted molar refractivity (Wildman–Crippen MR) is 65.5 cm³/mol. The van der Waals surface area contributed by atoms with Crippen LogP contribution in [0.2, 0.25) is 0 Å². The van der Waals surface area contributed by atoms with Gasteiger partial charge in [-0.1, -0.05) is 6.92 Å². The number of aliphatic hydroxyl groups excluding tert-OH is 1. The quantitative estimate of drug-likeness (QED) is 0.694. The van der Waals surface area contributed by atoms with Crippen LogP contribution < -0.4 is 5.32 Å². The Hall–Kier alpha value is 0.230. The number of nitrogens with one attached hydrogen (secondary N) is 1. The van der Waals surface area contributed by atoms with Crippen LogP contribution in [0.5, 0.6) is 0 Å². The first-order valence-corrected chi connectivity index (χ1v) is 6.95. The van der Waals surface area contributed by atoms with E-state index in [4.69, 9.17) is 9.84 Å². The van der Waals surface area contributed by atoms with Crippen LogP contribution >= 0.6 is 11.8 Å². The average molecular weight is 233 g/mol. The van der Waals surface area contributed by atoms with Crippen LogP contribution in [0.15, 0.2) is 0 Å². The van der Waals surface area contributed by atoms with E-state index >= 15 is 0 Å². The van der Waals surface area contributed by atoms with Gasteiger partial charge in [0.15, 0.2) is 0 Å². The summed E-state index contributed by atoms with van der Waals surface area (Å²) in [5, 5.41) is 13.2. The fraction of sp³-hybridized carbons (Fsp3) is 1.00. The lowest BCUT2D eigenvalue weighted by molar-refractivity contribution is 0.1000. The van der Waals surface area contributed by atoms with E-state index in [1.165, 1.54) is 12.8 Å². The third kappa shape index (κ3) is 5.76. The van der Waals surface area contributed by atoms with Gasteiger partial charge >= 0.3 is 0 Å². The maximum atomic E-state index is 9.10. The van der Waals surface area contributed by atoms with Crippen molar-refractivity contribution in [2.45, 2.75) is 37.5 Å². The molecule has 2 N–H and O–H groups in total. The normalized spacial score (nSPS) is 20.4. The van der Waals surface area contributed by atoms with Gasteiger partial charge in [0.25, 0.3) is 0 Å². The van der Waals surface area contributed by atoms with Crippen LogP contribution in [-0.4, -0.2) is 48.5 Å². The summed E-state index contributed by atoms with van der Waals surface area (Å²) in [7, 11) is 0. The summed E-state index contributed by atoms with van der Waals surface area (Å²) in [5.41, 5.74) is 0. The van der Waals surface area contributed by atoms with Gasteiger partial charge in [-0.2, -0.15) is 11.8 Å². The molecule has 1 heterocycles. The minimum Gasteiger partial charge on any atom is -0.395 e. The van der Waals surface area contributed by atoms with Gasteiger partial charge in [0.2, 0.25) is 0 Å². The molecule has 0 aliphatic carbocycles. The molecule has 1 saturated heterocycles. The number of likely N-dealkylation sites (N-methyl/N-ethyl adjacent to an activating group) is 1. The molecule has 1 aliphatic heterocycles. The zero-order valence-corrected chi connectivity index (χ0v) is 10.4. The van der Waals surface area contributed by atoms with Crippen LogP contribution in [0.1, 0.15) is 26.2 Å². The van der Waals surface area contributed by atoms with Crippen molar-refractivity contribution in [2.24, 2.45) is 0 Å². The summed E-state index contributed by atoms with van der Waals surface area (Å²) in [5.74, 6) is 1.14. The van der Waals surface area contributed by atoms with Crippen LogP contribution in [-0.2, 0) is 4.74 Å². The van der Waals surface area contributed by atoms with E-state index in [9.17, 15) is 0 Å². The van der Waals surface area contributed by atoms with Gasteiger partial charge in [0.05, 0.1) is 6.61 Å². The van der Waals surface area contributed by atoms with Crippen molar-refractivity contribution in [3.63, 3.8) is 0 Å². The second kappa shape index (κ2) is 8.39. The molecule has 0 radical (unpaired) electrons. The number of hydrogen-bond acceptors (Lipinski definition) is 4. The van der Waals surface area contributed by atoms with E-state index in [0.717, 1.165) is 37.2 Å². The number of rotatable bonds is 7. The lowest BCUT2D eigenvalue weighted by Crippen LogP contribution is -2.33. The Kier molecular flexibility index (Phi) is 7.44. The third-order valence-corrected chi connectivity index (χ3v) is 4.12. The second-order valence-corrected chi connectivity index (χ2v) is 5.32. The number of thioether (sulfide) groups is 1. The van der Waals surface area contributed by atoms with Crippen molar-refractivity contribution in [1.29, 1.82) is 0 Å². The number of ether oxygens (including phenoxy) is 1. The Morgan fingerprint density at radius 2 is 2.20 bits per heavy atom. The smallest absolute Gasteiger partial charge is 0.0584 e. The molecule has 1 aliphatic rings. The van der Waals surface area contributed by atoms with E-state index < -0.39 is 0 Å². The first-order valence-electron chi connectivity index (χ1n) is 5.90. The van der Waals surface area contributed by atoms with E-state index in [1.807, 2.05) is 11.8 Å². The van der Waals surface area contributed by atoms with Gasteiger partial charge < -0.3 is 15.2 Å². The van der Waals surface area contributed by atoms with Crippen molar-refractivity contribution in [3.05, 3.63) is 0 Å². The zero-order chi connectivity index (χ0) is 10.9. The fourth-order valence-corrected chi connectivity index (χ4v) is 3.05. The van der Waals surface area contributed by atoms with Crippen molar-refractivity contribution in [1.82, 2.24) is 5.32 Å². The van der Waals surface area contributed by atoms with Crippen LogP contribution in [0.4, 0.5) is 0 Å². The molecule has 3 nitrogen and oxygen atoms in total. The number of hydrogen-bond donors (Lipinski definition) is 2. The SMILES string of the molecule is CCNC(CO)CCSC1CCOCC1. The Labute approximate surface area is 97.0 Å². The average Bonchev–Trinajstić information content (AvgIpc) is 2.29. The van der Waals surface area contributed by atoms with Crippen LogP contribution in [0.3, 0.4) is 0 Å². The molecular weight excluding hydrogens is 210 g/mol. The van der Waals surface area contributed by atoms with E-state index in [1.54, 1.807) is 0 Å². The molecule has 0 saturated carbocycles. The molecule has 1 atom stereocenters. The van der Waals surface area contributed by atoms with Crippen molar-refractivity contribution >= 4 is 11.8 Å². The maximum Gasteiger partial charge on any atom is 0.0584 e. The first kappa shape index (κ1) is 13.3. The van der Waals surface area contributed by atoms with Crippen molar-refractivity contribution in [2.75, 3.05) is 32.1 Å². The van der Waals surface area contributed by atoms with Gasteiger partial charge in [-0.3, -0.25) is 0 Å². The summed E-state index contributed by atoms with van der Waals surface area (Å²) in [4.78, 5) is 0. The lowest BCUT2D eigenvalue weighted by atomic mass is 10.2. The van der Waals surface area contributed by atoms with E-state index in [2.05, 4.69) is 12.2 Å². The standard InChI is InChI=1S/C11H23NO2S/c1-2-12-10(9-13)5-8-15-11-3-6-14-7-4-11/h10-13H,2-9H2,1H3. The molecule has 90 valence electrons. The summed E-state index contributed by atoms with van der Waals surface area (Å²) in [6.07, 6.45) is 3.44. The van der Waals surface area contributed by atoms with E-state index in [-0.39, 0.29) is 12.6 Å². The molecule has 0 spiro atoms. The zero-order valence-electron chi connectivity index (χ0n) is 9.58. The second-order valence-electron chi connectivity index (χ2n) is 3.91. The fourth-order valence-electron chi connectivity index (χ4n) is 1.77. The molecule has 0 aromatic rings. The molecule has 1 rings (SSSR count). The largest absolute Gasteiger partial charge is 0.395 e. The summed E-state index contributed by atoms with van der Waals surface area (Å²) in [6, 6.07) is 0.280. The lowest BCUT2D eigenvalue weighted by Gasteiger charge is -2.22. The number of aliphatic hydroxyl groups is 1. The Balaban J connectivity index is 2.03. The summed E-state index contributed by atoms with van der Waals surface area (Å²) < 4.78 is 5.32. The van der Waals surface area contributed by atoms with E-state index in [0.29, 0.717) is 0 Å². The highest BCUT2D eigenvalue weighted by molar-refractivity contribution is 7.99. The molecule has 0 amide bonds. The first-order chi connectivity index (χ1) is 7.36. The molecule has 1 fully saturated rings. The maximum absolute atomic E-state index is 9.10. The van der Waals surface area contributed by atoms with Gasteiger partial charge in [-0.15, -0.1) is 0 Å². The monoisotopic (exact) mass is 233 g/mol. The van der Waals surface area contributed by atoms with Crippen molar-refractivity contribution in [3.8, 4) is 0 Å². The van der Waals surface area contributed by atoms with Gasteiger partial charge in [-0.05, 0) is 31.6 Å². The van der Waals surface area contributed by atoms with Gasteiger partial charge in [0, 0.05) is 24.5 Å². The Morgan fingerprint density at radius 3 is 2.80 bits per heavy atom. The van der Waals surface area contributed by atoms with Crippen molar-refractivity contribution < 1.29 is 9.84 Å². The third-order valence-electron chi connectivity index (χ3n) is 2.70. The van der Waals surface area contributed by atoms with Gasteiger partial charge in [-0.25, -0.2) is 0 Å². The molecule has 0 aromatic heterocycles. The van der Waals surface area contributed by atoms with Gasteiger partial charge in [0.1, 0.15) is 0 Å². The topological polar surface area (TPSA) is 41.5 Å². The Morgan fingerprint density at radius 1 is 1.47 bits per heavy atom. The molecule has 0 aromatic carbocycles. The molecule has 0 bridgehead atoms. The highest BCUT2D eigenvalue weighted by atomic mass is 32.2. The Bertz CT molecular complexity index is 147. The molecule has 1 unspecified atom stereocenters. The minimum absolute atomic E-state index is 0.252. The highest BCUT2D eigenvalue weighted by Gasteiger charge is 2.14. The highest BCUT2D eigenvalue weighted by Crippen LogP contribution is 2.22.